The quantitative estimate of drug-likeness (QED) is 0.165. The molecule has 0 aromatic rings. The van der Waals surface area contributed by atoms with Gasteiger partial charge < -0.3 is 0 Å². The van der Waals surface area contributed by atoms with Crippen molar-refractivity contribution in [2.24, 2.45) is 10.6 Å². The lowest BCUT2D eigenvalue weighted by Gasteiger charge is -2.24. The zero-order valence-corrected chi connectivity index (χ0v) is 13.2. The lowest BCUT2D eigenvalue weighted by atomic mass is 9.82. The highest BCUT2D eigenvalue weighted by Gasteiger charge is 2.19. The lowest BCUT2D eigenvalue weighted by molar-refractivity contribution is 0.382. The molecule has 0 rings (SSSR count). The molecule has 0 radical (unpaired) electrons. The van der Waals surface area contributed by atoms with Gasteiger partial charge >= 0.3 is 0 Å². The van der Waals surface area contributed by atoms with E-state index in [9.17, 15) is 4.91 Å². The van der Waals surface area contributed by atoms with Gasteiger partial charge in [0.25, 0.3) is 0 Å². The molecule has 1 atom stereocenters. The van der Waals surface area contributed by atoms with E-state index in [0.29, 0.717) is 5.70 Å². The highest BCUT2D eigenvalue weighted by Crippen LogP contribution is 2.31. The molecule has 0 aliphatic carbocycles. The molecule has 0 saturated heterocycles. The molecule has 0 aliphatic heterocycles. The maximum absolute atomic E-state index is 10.7. The third-order valence-electron chi connectivity index (χ3n) is 3.17. The molecule has 0 aromatic carbocycles. The first-order valence-corrected chi connectivity index (χ1v) is 7.86. The van der Waals surface area contributed by atoms with Crippen LogP contribution in [0.3, 0.4) is 0 Å². The number of allylic oxidation sites excluding steroid dienone is 3. The minimum Gasteiger partial charge on any atom is -0.145 e. The molecule has 2 nitrogen and oxygen atoms in total. The van der Waals surface area contributed by atoms with E-state index < -0.39 is 0 Å². The molecule has 0 heterocycles. The summed E-state index contributed by atoms with van der Waals surface area (Å²) in [5.41, 5.74) is 0.843. The van der Waals surface area contributed by atoms with Crippen LogP contribution in [0.15, 0.2) is 29.6 Å². The zero-order chi connectivity index (χ0) is 13.1. The number of alkyl halides is 1. The number of halogens is 1. The summed E-state index contributed by atoms with van der Waals surface area (Å²) < 4.78 is 1.11. The Morgan fingerprint density at radius 2 is 2.18 bits per heavy atom. The third-order valence-corrected chi connectivity index (χ3v) is 3.70. The molecule has 0 aromatic heterocycles. The van der Waals surface area contributed by atoms with Crippen molar-refractivity contribution >= 4 is 22.6 Å². The van der Waals surface area contributed by atoms with E-state index >= 15 is 0 Å². The van der Waals surface area contributed by atoms with Gasteiger partial charge in [0.15, 0.2) is 0 Å². The first kappa shape index (κ1) is 16.8. The van der Waals surface area contributed by atoms with Crippen LogP contribution in [0, 0.1) is 10.3 Å². The Bertz CT molecular complexity index is 263. The maximum atomic E-state index is 10.7. The smallest absolute Gasteiger partial charge is 0.0809 e. The van der Waals surface area contributed by atoms with E-state index in [-0.39, 0.29) is 5.41 Å². The van der Waals surface area contributed by atoms with Crippen molar-refractivity contribution < 1.29 is 0 Å². The summed E-state index contributed by atoms with van der Waals surface area (Å²) in [6.45, 7) is 8.25. The van der Waals surface area contributed by atoms with Crippen LogP contribution in [0.5, 0.6) is 0 Å². The first-order chi connectivity index (χ1) is 8.11. The second-order valence-electron chi connectivity index (χ2n) is 4.73. The van der Waals surface area contributed by atoms with Gasteiger partial charge in [-0.05, 0) is 36.3 Å². The molecule has 1 unspecified atom stereocenters. The van der Waals surface area contributed by atoms with E-state index in [4.69, 9.17) is 0 Å². The third kappa shape index (κ3) is 7.68. The molecule has 0 saturated carbocycles. The largest absolute Gasteiger partial charge is 0.145 e. The molecule has 0 fully saturated rings. The summed E-state index contributed by atoms with van der Waals surface area (Å²) in [5.74, 6) is 0. The van der Waals surface area contributed by atoms with Gasteiger partial charge in [-0.25, -0.2) is 0 Å². The topological polar surface area (TPSA) is 29.4 Å². The summed E-state index contributed by atoms with van der Waals surface area (Å²) in [4.78, 5) is 10.7. The Morgan fingerprint density at radius 1 is 1.47 bits per heavy atom. The summed E-state index contributed by atoms with van der Waals surface area (Å²) in [6, 6.07) is 0. The summed E-state index contributed by atoms with van der Waals surface area (Å²) in [5, 5.41) is 3.13. The van der Waals surface area contributed by atoms with Crippen LogP contribution < -0.4 is 0 Å². The normalized spacial score (nSPS) is 15.4. The molecule has 0 spiro atoms. The predicted octanol–water partition coefficient (Wildman–Crippen LogP) is 5.62. The fourth-order valence-corrected chi connectivity index (χ4v) is 2.85. The molecule has 0 aliphatic rings. The number of nitrogens with zero attached hydrogens (tertiary/aromatic N) is 1. The Kier molecular flexibility index (Phi) is 9.69. The number of unbranched alkanes of at least 4 members (excludes halogenated alkanes) is 2. The van der Waals surface area contributed by atoms with E-state index in [1.807, 2.05) is 12.2 Å². The minimum absolute atomic E-state index is 0.135. The summed E-state index contributed by atoms with van der Waals surface area (Å²) in [6.07, 6.45) is 10.1. The van der Waals surface area contributed by atoms with Gasteiger partial charge in [0.1, 0.15) is 0 Å². The standard InChI is InChI=1S/C14H24INO/c1-4-6-7-8-13(16-17)9-10-14(3,5-2)11-12-15/h5,8H,2,4,6-7,9-12H2,1,3H3/b13-8+. The van der Waals surface area contributed by atoms with Gasteiger partial charge in [0.05, 0.1) is 5.70 Å². The van der Waals surface area contributed by atoms with E-state index in [1.54, 1.807) is 0 Å². The number of rotatable bonds is 10. The number of nitroso groups, excluding NO2 is 1. The van der Waals surface area contributed by atoms with Crippen molar-refractivity contribution in [3.8, 4) is 0 Å². The molecule has 0 bridgehead atoms. The van der Waals surface area contributed by atoms with Crippen LogP contribution in [0.2, 0.25) is 0 Å². The minimum atomic E-state index is 0.135. The van der Waals surface area contributed by atoms with Gasteiger partial charge in [-0.15, -0.1) is 11.5 Å². The van der Waals surface area contributed by atoms with Crippen LogP contribution in [0.25, 0.3) is 0 Å². The van der Waals surface area contributed by atoms with Gasteiger partial charge in [0, 0.05) is 4.43 Å². The Morgan fingerprint density at radius 3 is 2.65 bits per heavy atom. The summed E-state index contributed by atoms with van der Waals surface area (Å²) in [7, 11) is 0. The van der Waals surface area contributed by atoms with Crippen molar-refractivity contribution in [1.82, 2.24) is 0 Å². The van der Waals surface area contributed by atoms with Crippen LogP contribution >= 0.6 is 22.6 Å². The highest BCUT2D eigenvalue weighted by molar-refractivity contribution is 14.1. The van der Waals surface area contributed by atoms with Gasteiger partial charge in [-0.1, -0.05) is 61.4 Å². The molecule has 0 amide bonds. The van der Waals surface area contributed by atoms with Crippen molar-refractivity contribution in [3.63, 3.8) is 0 Å². The molecule has 17 heavy (non-hydrogen) atoms. The molecule has 0 N–H and O–H groups in total. The Balaban J connectivity index is 4.24. The lowest BCUT2D eigenvalue weighted by Crippen LogP contribution is -2.13. The SMILES string of the molecule is C=CC(C)(CCI)CC/C(=C\CCCC)N=O. The van der Waals surface area contributed by atoms with Gasteiger partial charge in [-0.2, -0.15) is 0 Å². The average molecular weight is 349 g/mol. The zero-order valence-electron chi connectivity index (χ0n) is 11.0. The number of hydrogen-bond donors (Lipinski definition) is 0. The molecule has 3 heteroatoms. The fraction of sp³-hybridized carbons (Fsp3) is 0.714. The monoisotopic (exact) mass is 349 g/mol. The number of hydrogen-bond acceptors (Lipinski definition) is 2. The molecular weight excluding hydrogens is 325 g/mol. The maximum Gasteiger partial charge on any atom is 0.0809 e. The van der Waals surface area contributed by atoms with Crippen molar-refractivity contribution in [2.75, 3.05) is 4.43 Å². The van der Waals surface area contributed by atoms with E-state index in [0.717, 1.165) is 43.0 Å². The second-order valence-corrected chi connectivity index (χ2v) is 5.80. The van der Waals surface area contributed by atoms with Crippen LogP contribution in [0.4, 0.5) is 0 Å². The summed E-state index contributed by atoms with van der Waals surface area (Å²) >= 11 is 2.38. The van der Waals surface area contributed by atoms with Crippen molar-refractivity contribution in [3.05, 3.63) is 29.3 Å². The molecular formula is C14H24INO. The Hall–Kier alpha value is -0.190. The van der Waals surface area contributed by atoms with E-state index in [2.05, 4.69) is 48.2 Å². The first-order valence-electron chi connectivity index (χ1n) is 6.34. The fourth-order valence-electron chi connectivity index (χ4n) is 1.62. The average Bonchev–Trinajstić information content (AvgIpc) is 2.34. The van der Waals surface area contributed by atoms with Gasteiger partial charge in [-0.3, -0.25) is 0 Å². The highest BCUT2D eigenvalue weighted by atomic mass is 127. The Labute approximate surface area is 119 Å². The van der Waals surface area contributed by atoms with Crippen molar-refractivity contribution in [2.45, 2.75) is 52.4 Å². The van der Waals surface area contributed by atoms with Crippen LogP contribution in [-0.2, 0) is 0 Å². The second kappa shape index (κ2) is 9.80. The van der Waals surface area contributed by atoms with Crippen LogP contribution in [-0.4, -0.2) is 4.43 Å². The predicted molar refractivity (Wildman–Crippen MR) is 84.4 cm³/mol. The molecule has 98 valence electrons. The van der Waals surface area contributed by atoms with E-state index in [1.165, 1.54) is 0 Å². The van der Waals surface area contributed by atoms with Crippen molar-refractivity contribution in [1.29, 1.82) is 0 Å². The van der Waals surface area contributed by atoms with Crippen LogP contribution in [0.1, 0.15) is 52.4 Å². The van der Waals surface area contributed by atoms with Gasteiger partial charge in [0.2, 0.25) is 0 Å².